The van der Waals surface area contributed by atoms with Crippen molar-refractivity contribution in [2.75, 3.05) is 11.4 Å². The summed E-state index contributed by atoms with van der Waals surface area (Å²) in [6, 6.07) is 5.65. The summed E-state index contributed by atoms with van der Waals surface area (Å²) in [6.45, 7) is 4.84. The third kappa shape index (κ3) is 3.30. The number of hydrogen-bond donors (Lipinski definition) is 1. The lowest BCUT2D eigenvalue weighted by Gasteiger charge is -2.24. The maximum Gasteiger partial charge on any atom is 0.244 e. The van der Waals surface area contributed by atoms with E-state index in [1.807, 2.05) is 24.0 Å². The van der Waals surface area contributed by atoms with Gasteiger partial charge < -0.3 is 10.6 Å². The first kappa shape index (κ1) is 16.5. The average molecular weight is 348 g/mol. The molecule has 1 aliphatic heterocycles. The molecule has 0 aliphatic carbocycles. The highest BCUT2D eigenvalue weighted by molar-refractivity contribution is 9.10. The topological polar surface area (TPSA) is 46.3 Å². The molecule has 3 nitrogen and oxygen atoms in total. The lowest BCUT2D eigenvalue weighted by molar-refractivity contribution is -0.120. The van der Waals surface area contributed by atoms with Crippen LogP contribution in [0.25, 0.3) is 0 Å². The van der Waals surface area contributed by atoms with Crippen LogP contribution >= 0.6 is 28.3 Å². The molecule has 0 saturated carbocycles. The molecule has 0 spiro atoms. The van der Waals surface area contributed by atoms with E-state index in [1.54, 1.807) is 0 Å². The molecule has 2 unspecified atom stereocenters. The van der Waals surface area contributed by atoms with Crippen LogP contribution in [0.5, 0.6) is 0 Å². The highest BCUT2D eigenvalue weighted by Crippen LogP contribution is 2.31. The molecule has 2 rings (SSSR count). The van der Waals surface area contributed by atoms with Crippen molar-refractivity contribution in [1.82, 2.24) is 0 Å². The zero-order chi connectivity index (χ0) is 13.3. The van der Waals surface area contributed by atoms with Crippen LogP contribution in [0.2, 0.25) is 0 Å². The number of fused-ring (bicyclic) bond motifs is 1. The molecule has 1 heterocycles. The average Bonchev–Trinajstić information content (AvgIpc) is 2.78. The Hall–Kier alpha value is -0.580. The normalized spacial score (nSPS) is 16.5. The molecule has 0 saturated heterocycles. The van der Waals surface area contributed by atoms with Crippen LogP contribution in [0.1, 0.15) is 25.8 Å². The second kappa shape index (κ2) is 6.73. The van der Waals surface area contributed by atoms with Gasteiger partial charge in [0.05, 0.1) is 6.04 Å². The summed E-state index contributed by atoms with van der Waals surface area (Å²) in [5.41, 5.74) is 8.27. The van der Waals surface area contributed by atoms with Gasteiger partial charge in [0.15, 0.2) is 0 Å². The lowest BCUT2D eigenvalue weighted by Crippen LogP contribution is -2.46. The minimum Gasteiger partial charge on any atom is -0.320 e. The molecule has 106 valence electrons. The Balaban J connectivity index is 0.00000180. The predicted molar refractivity (Wildman–Crippen MR) is 84.9 cm³/mol. The molecular formula is C14H20BrClN2O. The largest absolute Gasteiger partial charge is 0.320 e. The van der Waals surface area contributed by atoms with E-state index in [1.165, 1.54) is 5.56 Å². The van der Waals surface area contributed by atoms with Gasteiger partial charge in [-0.1, -0.05) is 36.2 Å². The third-order valence-corrected chi connectivity index (χ3v) is 4.24. The second-order valence-corrected chi connectivity index (χ2v) is 5.84. The van der Waals surface area contributed by atoms with Gasteiger partial charge >= 0.3 is 0 Å². The Morgan fingerprint density at radius 2 is 2.21 bits per heavy atom. The maximum atomic E-state index is 12.4. The number of nitrogens with two attached hydrogens (primary N) is 1. The summed E-state index contributed by atoms with van der Waals surface area (Å²) in [6.07, 6.45) is 1.84. The standard InChI is InChI=1S/C14H19BrN2O.ClH/c1-3-9(2)13(16)14(18)17-7-6-10-8-11(15)4-5-12(10)17;/h4-5,8-9,13H,3,6-7,16H2,1-2H3;1H. The van der Waals surface area contributed by atoms with Crippen molar-refractivity contribution >= 4 is 39.9 Å². The van der Waals surface area contributed by atoms with Crippen molar-refractivity contribution in [1.29, 1.82) is 0 Å². The maximum absolute atomic E-state index is 12.4. The Bertz CT molecular complexity index is 467. The van der Waals surface area contributed by atoms with Gasteiger partial charge in [-0.15, -0.1) is 12.4 Å². The minimum absolute atomic E-state index is 0. The zero-order valence-electron chi connectivity index (χ0n) is 11.2. The van der Waals surface area contributed by atoms with Gasteiger partial charge in [0, 0.05) is 16.7 Å². The molecule has 2 atom stereocenters. The number of rotatable bonds is 3. The lowest BCUT2D eigenvalue weighted by atomic mass is 9.99. The van der Waals surface area contributed by atoms with Crippen molar-refractivity contribution in [3.05, 3.63) is 28.2 Å². The van der Waals surface area contributed by atoms with E-state index < -0.39 is 6.04 Å². The number of benzene rings is 1. The molecule has 1 aromatic rings. The van der Waals surface area contributed by atoms with Crippen LogP contribution < -0.4 is 10.6 Å². The SMILES string of the molecule is CCC(C)C(N)C(=O)N1CCc2cc(Br)ccc21.Cl. The highest BCUT2D eigenvalue weighted by atomic mass is 79.9. The van der Waals surface area contributed by atoms with E-state index >= 15 is 0 Å². The fourth-order valence-electron chi connectivity index (χ4n) is 2.28. The molecule has 1 aliphatic rings. The van der Waals surface area contributed by atoms with Crippen LogP contribution in [0.4, 0.5) is 5.69 Å². The van der Waals surface area contributed by atoms with Gasteiger partial charge in [0.2, 0.25) is 5.91 Å². The van der Waals surface area contributed by atoms with Gasteiger partial charge in [0.1, 0.15) is 0 Å². The summed E-state index contributed by atoms with van der Waals surface area (Å²) in [5, 5.41) is 0. The molecule has 0 radical (unpaired) electrons. The Morgan fingerprint density at radius 3 is 2.84 bits per heavy atom. The first-order chi connectivity index (χ1) is 8.54. The van der Waals surface area contributed by atoms with E-state index in [9.17, 15) is 4.79 Å². The molecule has 0 aromatic heterocycles. The fourth-order valence-corrected chi connectivity index (χ4v) is 2.69. The molecular weight excluding hydrogens is 328 g/mol. The summed E-state index contributed by atoms with van der Waals surface area (Å²) in [5.74, 6) is 0.266. The molecule has 0 fully saturated rings. The smallest absolute Gasteiger partial charge is 0.244 e. The van der Waals surface area contributed by atoms with Gasteiger partial charge in [-0.2, -0.15) is 0 Å². The van der Waals surface area contributed by atoms with Gasteiger partial charge in [-0.05, 0) is 36.1 Å². The Morgan fingerprint density at radius 1 is 1.53 bits per heavy atom. The second-order valence-electron chi connectivity index (χ2n) is 4.92. The van der Waals surface area contributed by atoms with Gasteiger partial charge in [-0.25, -0.2) is 0 Å². The summed E-state index contributed by atoms with van der Waals surface area (Å²) in [4.78, 5) is 14.2. The molecule has 1 amide bonds. The number of carbonyl (C=O) groups excluding carboxylic acids is 1. The number of amides is 1. The zero-order valence-corrected chi connectivity index (χ0v) is 13.6. The van der Waals surface area contributed by atoms with Crippen LogP contribution in [-0.2, 0) is 11.2 Å². The first-order valence-electron chi connectivity index (χ1n) is 6.40. The fraction of sp³-hybridized carbons (Fsp3) is 0.500. The van der Waals surface area contributed by atoms with E-state index in [-0.39, 0.29) is 24.2 Å². The molecule has 19 heavy (non-hydrogen) atoms. The highest BCUT2D eigenvalue weighted by Gasteiger charge is 2.30. The van der Waals surface area contributed by atoms with Crippen molar-refractivity contribution in [3.63, 3.8) is 0 Å². The predicted octanol–water partition coefficient (Wildman–Crippen LogP) is 3.13. The van der Waals surface area contributed by atoms with Crippen molar-refractivity contribution in [2.24, 2.45) is 11.7 Å². The van der Waals surface area contributed by atoms with E-state index in [2.05, 4.69) is 28.9 Å². The number of anilines is 1. The van der Waals surface area contributed by atoms with Crippen molar-refractivity contribution in [3.8, 4) is 0 Å². The Kier molecular flexibility index (Phi) is 5.83. The van der Waals surface area contributed by atoms with E-state index in [4.69, 9.17) is 5.73 Å². The van der Waals surface area contributed by atoms with E-state index in [0.717, 1.165) is 29.5 Å². The quantitative estimate of drug-likeness (QED) is 0.913. The minimum atomic E-state index is -0.399. The third-order valence-electron chi connectivity index (χ3n) is 3.75. The van der Waals surface area contributed by atoms with Crippen LogP contribution in [0.3, 0.4) is 0 Å². The number of nitrogens with zero attached hydrogens (tertiary/aromatic N) is 1. The van der Waals surface area contributed by atoms with Crippen LogP contribution in [0.15, 0.2) is 22.7 Å². The Labute approximate surface area is 129 Å². The number of carbonyl (C=O) groups is 1. The molecule has 0 bridgehead atoms. The summed E-state index contributed by atoms with van der Waals surface area (Å²) >= 11 is 3.46. The van der Waals surface area contributed by atoms with E-state index in [0.29, 0.717) is 0 Å². The van der Waals surface area contributed by atoms with Crippen LogP contribution in [0, 0.1) is 5.92 Å². The number of halogens is 2. The van der Waals surface area contributed by atoms with Crippen LogP contribution in [-0.4, -0.2) is 18.5 Å². The van der Waals surface area contributed by atoms with Gasteiger partial charge in [-0.3, -0.25) is 4.79 Å². The van der Waals surface area contributed by atoms with Crippen molar-refractivity contribution in [2.45, 2.75) is 32.7 Å². The molecule has 2 N–H and O–H groups in total. The van der Waals surface area contributed by atoms with Gasteiger partial charge in [0.25, 0.3) is 0 Å². The molecule has 1 aromatic carbocycles. The monoisotopic (exact) mass is 346 g/mol. The van der Waals surface area contributed by atoms with Crippen molar-refractivity contribution < 1.29 is 4.79 Å². The molecule has 5 heteroatoms. The number of hydrogen-bond acceptors (Lipinski definition) is 2. The summed E-state index contributed by atoms with van der Waals surface area (Å²) in [7, 11) is 0. The summed E-state index contributed by atoms with van der Waals surface area (Å²) < 4.78 is 1.06. The first-order valence-corrected chi connectivity index (χ1v) is 7.19.